The van der Waals surface area contributed by atoms with E-state index in [1.54, 1.807) is 6.20 Å². The first-order chi connectivity index (χ1) is 9.72. The molecule has 0 aliphatic rings. The van der Waals surface area contributed by atoms with Gasteiger partial charge in [0.15, 0.2) is 0 Å². The highest BCUT2D eigenvalue weighted by atomic mass is 16.5. The number of fused-ring (bicyclic) bond motifs is 1. The molecule has 2 aromatic rings. The van der Waals surface area contributed by atoms with E-state index < -0.39 is 0 Å². The van der Waals surface area contributed by atoms with Crippen LogP contribution in [-0.4, -0.2) is 24.7 Å². The Morgan fingerprint density at radius 3 is 3.00 bits per heavy atom. The number of hydrogen-bond donors (Lipinski definition) is 1. The predicted molar refractivity (Wildman–Crippen MR) is 80.6 cm³/mol. The zero-order valence-electron chi connectivity index (χ0n) is 11.5. The number of benzene rings is 1. The second-order valence-corrected chi connectivity index (χ2v) is 4.61. The molecule has 0 spiro atoms. The Kier molecular flexibility index (Phi) is 4.70. The van der Waals surface area contributed by atoms with E-state index in [-0.39, 0.29) is 0 Å². The van der Waals surface area contributed by atoms with Crippen LogP contribution in [0.25, 0.3) is 10.9 Å². The Bertz CT molecular complexity index is 658. The van der Waals surface area contributed by atoms with Crippen molar-refractivity contribution in [2.45, 2.75) is 6.92 Å². The number of hydrogen-bond acceptors (Lipinski definition) is 4. The van der Waals surface area contributed by atoms with E-state index in [2.05, 4.69) is 22.9 Å². The molecule has 0 bridgehead atoms. The molecular formula is C16H17N3O. The van der Waals surface area contributed by atoms with Gasteiger partial charge in [-0.2, -0.15) is 5.26 Å². The maximum Gasteiger partial charge on any atom is 0.103 e. The fourth-order valence-corrected chi connectivity index (χ4v) is 1.91. The molecule has 0 unspecified atom stereocenters. The summed E-state index contributed by atoms with van der Waals surface area (Å²) in [4.78, 5) is 4.27. The Balaban J connectivity index is 2.12. The standard InChI is InChI=1S/C16H17N3O/c1-12(2)11-20-8-7-18-16-13(9-17)10-19-15-6-4-3-5-14(15)16/h3-6,10H,1,7-8,11H2,2H3,(H,18,19). The van der Waals surface area contributed by atoms with Crippen LogP contribution in [0, 0.1) is 11.3 Å². The highest BCUT2D eigenvalue weighted by Gasteiger charge is 2.07. The topological polar surface area (TPSA) is 57.9 Å². The van der Waals surface area contributed by atoms with E-state index in [9.17, 15) is 5.26 Å². The van der Waals surface area contributed by atoms with Crippen LogP contribution in [0.1, 0.15) is 12.5 Å². The Morgan fingerprint density at radius 2 is 2.25 bits per heavy atom. The van der Waals surface area contributed by atoms with Crippen LogP contribution in [0.15, 0.2) is 42.6 Å². The van der Waals surface area contributed by atoms with Gasteiger partial charge in [0.05, 0.1) is 30.0 Å². The van der Waals surface area contributed by atoms with Crippen molar-refractivity contribution in [3.05, 3.63) is 48.2 Å². The SMILES string of the molecule is C=C(C)COCCNc1c(C#N)cnc2ccccc12. The summed E-state index contributed by atoms with van der Waals surface area (Å²) in [7, 11) is 0. The minimum Gasteiger partial charge on any atom is -0.381 e. The van der Waals surface area contributed by atoms with Gasteiger partial charge in [0.25, 0.3) is 0 Å². The number of para-hydroxylation sites is 1. The average Bonchev–Trinajstić information content (AvgIpc) is 2.46. The summed E-state index contributed by atoms with van der Waals surface area (Å²) in [5, 5.41) is 13.4. The predicted octanol–water partition coefficient (Wildman–Crippen LogP) is 3.11. The number of rotatable bonds is 6. The summed E-state index contributed by atoms with van der Waals surface area (Å²) < 4.78 is 5.44. The summed E-state index contributed by atoms with van der Waals surface area (Å²) in [5.41, 5.74) is 3.23. The van der Waals surface area contributed by atoms with Crippen LogP contribution in [0.3, 0.4) is 0 Å². The highest BCUT2D eigenvalue weighted by molar-refractivity contribution is 5.93. The quantitative estimate of drug-likeness (QED) is 0.645. The number of pyridine rings is 1. The Labute approximate surface area is 118 Å². The van der Waals surface area contributed by atoms with Gasteiger partial charge >= 0.3 is 0 Å². The molecule has 0 aliphatic carbocycles. The van der Waals surface area contributed by atoms with Crippen LogP contribution in [-0.2, 0) is 4.74 Å². The molecule has 4 nitrogen and oxygen atoms in total. The molecule has 0 saturated carbocycles. The normalized spacial score (nSPS) is 10.2. The minimum absolute atomic E-state index is 0.545. The van der Waals surface area contributed by atoms with Crippen molar-refractivity contribution in [2.24, 2.45) is 0 Å². The van der Waals surface area contributed by atoms with Gasteiger partial charge in [0.1, 0.15) is 6.07 Å². The minimum atomic E-state index is 0.545. The van der Waals surface area contributed by atoms with Gasteiger partial charge in [0, 0.05) is 18.1 Å². The lowest BCUT2D eigenvalue weighted by Crippen LogP contribution is -2.11. The number of aromatic nitrogens is 1. The lowest BCUT2D eigenvalue weighted by Gasteiger charge is -2.11. The van der Waals surface area contributed by atoms with Crippen LogP contribution in [0.5, 0.6) is 0 Å². The molecule has 4 heteroatoms. The molecule has 20 heavy (non-hydrogen) atoms. The Morgan fingerprint density at radius 1 is 1.45 bits per heavy atom. The zero-order chi connectivity index (χ0) is 14.4. The average molecular weight is 267 g/mol. The van der Waals surface area contributed by atoms with E-state index >= 15 is 0 Å². The van der Waals surface area contributed by atoms with Gasteiger partial charge in [0.2, 0.25) is 0 Å². The summed E-state index contributed by atoms with van der Waals surface area (Å²) >= 11 is 0. The molecule has 2 rings (SSSR count). The van der Waals surface area contributed by atoms with Gasteiger partial charge in [-0.3, -0.25) is 4.98 Å². The van der Waals surface area contributed by atoms with E-state index in [1.807, 2.05) is 31.2 Å². The number of nitrogens with zero attached hydrogens (tertiary/aromatic N) is 2. The molecule has 0 amide bonds. The maximum absolute atomic E-state index is 9.18. The van der Waals surface area contributed by atoms with Crippen molar-refractivity contribution in [2.75, 3.05) is 25.1 Å². The second kappa shape index (κ2) is 6.69. The van der Waals surface area contributed by atoms with E-state index in [1.165, 1.54) is 0 Å². The number of ether oxygens (including phenoxy) is 1. The third-order valence-corrected chi connectivity index (χ3v) is 2.79. The van der Waals surface area contributed by atoms with Crippen LogP contribution in [0.4, 0.5) is 5.69 Å². The van der Waals surface area contributed by atoms with E-state index in [4.69, 9.17) is 4.74 Å². The van der Waals surface area contributed by atoms with E-state index in [0.29, 0.717) is 25.3 Å². The number of anilines is 1. The van der Waals surface area contributed by atoms with Gasteiger partial charge in [-0.1, -0.05) is 30.4 Å². The summed E-state index contributed by atoms with van der Waals surface area (Å²) in [6.07, 6.45) is 1.60. The van der Waals surface area contributed by atoms with E-state index in [0.717, 1.165) is 22.2 Å². The lowest BCUT2D eigenvalue weighted by atomic mass is 10.1. The smallest absolute Gasteiger partial charge is 0.103 e. The molecule has 0 aliphatic heterocycles. The largest absolute Gasteiger partial charge is 0.381 e. The summed E-state index contributed by atoms with van der Waals surface area (Å²) in [5.74, 6) is 0. The molecule has 102 valence electrons. The molecular weight excluding hydrogens is 250 g/mol. The van der Waals surface area contributed by atoms with Gasteiger partial charge < -0.3 is 10.1 Å². The monoisotopic (exact) mass is 267 g/mol. The first-order valence-corrected chi connectivity index (χ1v) is 6.46. The molecule has 0 fully saturated rings. The fraction of sp³-hybridized carbons (Fsp3) is 0.250. The van der Waals surface area contributed by atoms with Crippen LogP contribution >= 0.6 is 0 Å². The van der Waals surface area contributed by atoms with Crippen molar-refractivity contribution in [3.63, 3.8) is 0 Å². The lowest BCUT2D eigenvalue weighted by molar-refractivity contribution is 0.167. The first kappa shape index (κ1) is 14.0. The molecule has 1 heterocycles. The van der Waals surface area contributed by atoms with Crippen molar-refractivity contribution in [1.82, 2.24) is 4.98 Å². The fourth-order valence-electron chi connectivity index (χ4n) is 1.91. The molecule has 1 aromatic heterocycles. The maximum atomic E-state index is 9.18. The van der Waals surface area contributed by atoms with Gasteiger partial charge in [-0.05, 0) is 13.0 Å². The number of nitrogens with one attached hydrogen (secondary N) is 1. The third-order valence-electron chi connectivity index (χ3n) is 2.79. The molecule has 1 aromatic carbocycles. The summed E-state index contributed by atoms with van der Waals surface area (Å²) in [6, 6.07) is 9.93. The highest BCUT2D eigenvalue weighted by Crippen LogP contribution is 2.24. The molecule has 0 radical (unpaired) electrons. The van der Waals surface area contributed by atoms with Gasteiger partial charge in [-0.15, -0.1) is 0 Å². The first-order valence-electron chi connectivity index (χ1n) is 6.46. The second-order valence-electron chi connectivity index (χ2n) is 4.61. The summed E-state index contributed by atoms with van der Waals surface area (Å²) in [6.45, 7) is 7.47. The van der Waals surface area contributed by atoms with Crippen molar-refractivity contribution in [3.8, 4) is 6.07 Å². The Hall–Kier alpha value is -2.38. The molecule has 0 saturated heterocycles. The molecule has 1 N–H and O–H groups in total. The molecule has 0 atom stereocenters. The van der Waals surface area contributed by atoms with Crippen molar-refractivity contribution < 1.29 is 4.74 Å². The third kappa shape index (κ3) is 3.34. The van der Waals surface area contributed by atoms with Crippen LogP contribution in [0.2, 0.25) is 0 Å². The number of nitriles is 1. The zero-order valence-corrected chi connectivity index (χ0v) is 11.5. The van der Waals surface area contributed by atoms with Crippen molar-refractivity contribution >= 4 is 16.6 Å². The van der Waals surface area contributed by atoms with Gasteiger partial charge in [-0.25, -0.2) is 0 Å². The van der Waals surface area contributed by atoms with Crippen molar-refractivity contribution in [1.29, 1.82) is 5.26 Å². The van der Waals surface area contributed by atoms with Crippen LogP contribution < -0.4 is 5.32 Å².